The van der Waals surface area contributed by atoms with Gasteiger partial charge in [0.25, 0.3) is 0 Å². The lowest BCUT2D eigenvalue weighted by molar-refractivity contribution is -0.120. The molecule has 0 spiro atoms. The Morgan fingerprint density at radius 1 is 1.28 bits per heavy atom. The lowest BCUT2D eigenvalue weighted by Crippen LogP contribution is -2.44. The number of halogens is 2. The second-order valence-corrected chi connectivity index (χ2v) is 6.67. The molecule has 2 aromatic rings. The van der Waals surface area contributed by atoms with Crippen molar-refractivity contribution in [3.8, 4) is 5.75 Å². The highest BCUT2D eigenvalue weighted by atomic mass is 127. The van der Waals surface area contributed by atoms with Crippen molar-refractivity contribution >= 4 is 28.5 Å². The number of nitrogens with one attached hydrogen (secondary N) is 1. The van der Waals surface area contributed by atoms with E-state index in [0.717, 1.165) is 14.7 Å². The molecule has 0 aliphatic carbocycles. The summed E-state index contributed by atoms with van der Waals surface area (Å²) in [6.45, 7) is 0.533. The number of primary amides is 1. The molecule has 0 bridgehead atoms. The van der Waals surface area contributed by atoms with Crippen LogP contribution in [0.15, 0.2) is 42.5 Å². The summed E-state index contributed by atoms with van der Waals surface area (Å²) in [5.41, 5.74) is 7.12. The summed E-state index contributed by atoms with van der Waals surface area (Å²) in [7, 11) is 0. The maximum atomic E-state index is 12.9. The Labute approximate surface area is 159 Å². The number of amides is 1. The number of rotatable bonds is 9. The number of aliphatic hydroxyl groups excluding tert-OH is 1. The molecule has 0 unspecified atom stereocenters. The number of benzene rings is 2. The van der Waals surface area contributed by atoms with E-state index in [9.17, 15) is 9.18 Å². The summed E-state index contributed by atoms with van der Waals surface area (Å²) in [4.78, 5) is 11.1. The van der Waals surface area contributed by atoms with Crippen molar-refractivity contribution < 1.29 is 19.0 Å². The molecule has 134 valence electrons. The number of carbonyl (C=O) groups is 1. The number of carbonyl (C=O) groups excluding carboxylic acids is 1. The molecule has 0 fully saturated rings. The van der Waals surface area contributed by atoms with Crippen LogP contribution in [-0.2, 0) is 17.8 Å². The fraction of sp³-hybridized carbons (Fsp3) is 0.278. The Morgan fingerprint density at radius 2 is 2.00 bits per heavy atom. The normalized spacial score (nSPS) is 12.0. The first kappa shape index (κ1) is 19.6. The quantitative estimate of drug-likeness (QED) is 0.502. The van der Waals surface area contributed by atoms with Crippen LogP contribution < -0.4 is 15.8 Å². The molecular formula is C18H20FIN2O3. The highest BCUT2D eigenvalue weighted by Gasteiger charge is 2.12. The molecule has 25 heavy (non-hydrogen) atoms. The summed E-state index contributed by atoms with van der Waals surface area (Å²) < 4.78 is 19.7. The average molecular weight is 458 g/mol. The molecule has 7 heteroatoms. The van der Waals surface area contributed by atoms with Gasteiger partial charge in [-0.25, -0.2) is 4.39 Å². The van der Waals surface area contributed by atoms with Gasteiger partial charge in [-0.15, -0.1) is 0 Å². The average Bonchev–Trinajstić information content (AvgIpc) is 2.60. The molecule has 0 aliphatic rings. The van der Waals surface area contributed by atoms with Crippen molar-refractivity contribution in [2.24, 2.45) is 5.73 Å². The van der Waals surface area contributed by atoms with Gasteiger partial charge in [0.15, 0.2) is 0 Å². The predicted molar refractivity (Wildman–Crippen MR) is 102 cm³/mol. The Bertz CT molecular complexity index is 710. The second kappa shape index (κ2) is 9.69. The van der Waals surface area contributed by atoms with Crippen LogP contribution in [0.4, 0.5) is 4.39 Å². The SMILES string of the molecule is NC(=O)[C@@H](CO)NCCc1cc(OCc2ccc(F)cc2)ccc1I. The fourth-order valence-electron chi connectivity index (χ4n) is 2.22. The van der Waals surface area contributed by atoms with Gasteiger partial charge in [-0.05, 0) is 70.5 Å². The van der Waals surface area contributed by atoms with Gasteiger partial charge in [0.1, 0.15) is 24.2 Å². The summed E-state index contributed by atoms with van der Waals surface area (Å²) in [5.74, 6) is -0.133. The van der Waals surface area contributed by atoms with Crippen LogP contribution in [0.1, 0.15) is 11.1 Å². The van der Waals surface area contributed by atoms with E-state index >= 15 is 0 Å². The van der Waals surface area contributed by atoms with Crippen LogP contribution in [0, 0.1) is 9.39 Å². The van der Waals surface area contributed by atoms with E-state index < -0.39 is 11.9 Å². The third kappa shape index (κ3) is 6.26. The molecular weight excluding hydrogens is 438 g/mol. The van der Waals surface area contributed by atoms with Gasteiger partial charge >= 0.3 is 0 Å². The van der Waals surface area contributed by atoms with Gasteiger partial charge in [0.2, 0.25) is 5.91 Å². The van der Waals surface area contributed by atoms with Crippen LogP contribution >= 0.6 is 22.6 Å². The minimum Gasteiger partial charge on any atom is -0.489 e. The second-order valence-electron chi connectivity index (χ2n) is 5.51. The lowest BCUT2D eigenvalue weighted by Gasteiger charge is -2.14. The van der Waals surface area contributed by atoms with Crippen LogP contribution in [0.2, 0.25) is 0 Å². The zero-order valence-electron chi connectivity index (χ0n) is 13.5. The first-order chi connectivity index (χ1) is 12.0. The van der Waals surface area contributed by atoms with E-state index in [1.807, 2.05) is 18.2 Å². The van der Waals surface area contributed by atoms with Gasteiger partial charge < -0.3 is 20.9 Å². The van der Waals surface area contributed by atoms with Crippen LogP contribution in [-0.4, -0.2) is 30.2 Å². The summed E-state index contributed by atoms with van der Waals surface area (Å²) in [5, 5.41) is 12.0. The number of aliphatic hydroxyl groups is 1. The zero-order chi connectivity index (χ0) is 18.2. The van der Waals surface area contributed by atoms with Crippen LogP contribution in [0.25, 0.3) is 0 Å². The number of ether oxygens (including phenoxy) is 1. The highest BCUT2D eigenvalue weighted by molar-refractivity contribution is 14.1. The molecule has 0 saturated carbocycles. The molecule has 1 amide bonds. The third-order valence-corrected chi connectivity index (χ3v) is 4.70. The summed E-state index contributed by atoms with van der Waals surface area (Å²) in [6.07, 6.45) is 0.663. The zero-order valence-corrected chi connectivity index (χ0v) is 15.7. The first-order valence-electron chi connectivity index (χ1n) is 7.79. The Morgan fingerprint density at radius 3 is 2.64 bits per heavy atom. The van der Waals surface area contributed by atoms with Crippen molar-refractivity contribution in [1.82, 2.24) is 5.32 Å². The minimum absolute atomic E-state index is 0.273. The summed E-state index contributed by atoms with van der Waals surface area (Å²) >= 11 is 2.23. The fourth-order valence-corrected chi connectivity index (χ4v) is 2.82. The highest BCUT2D eigenvalue weighted by Crippen LogP contribution is 2.21. The molecule has 2 rings (SSSR count). The van der Waals surface area contributed by atoms with E-state index in [4.69, 9.17) is 15.6 Å². The van der Waals surface area contributed by atoms with Gasteiger partial charge in [-0.2, -0.15) is 0 Å². The summed E-state index contributed by atoms with van der Waals surface area (Å²) in [6, 6.07) is 11.2. The number of hydrogen-bond acceptors (Lipinski definition) is 4. The molecule has 0 radical (unpaired) electrons. The van der Waals surface area contributed by atoms with Crippen molar-refractivity contribution in [2.45, 2.75) is 19.1 Å². The Balaban J connectivity index is 1.92. The largest absolute Gasteiger partial charge is 0.489 e. The predicted octanol–water partition coefficient (Wildman–Crippen LogP) is 1.99. The van der Waals surface area contributed by atoms with Crippen molar-refractivity contribution in [3.63, 3.8) is 0 Å². The molecule has 2 aromatic carbocycles. The Hall–Kier alpha value is -1.71. The standard InChI is InChI=1S/C18H20FIN2O3/c19-14-3-1-12(2-4-14)11-25-15-5-6-16(20)13(9-15)7-8-22-17(10-23)18(21)24/h1-6,9,17,22-23H,7-8,10-11H2,(H2,21,24)/t17-/m1/s1. The van der Waals surface area contributed by atoms with Crippen LogP contribution in [0.3, 0.4) is 0 Å². The van der Waals surface area contributed by atoms with Crippen molar-refractivity contribution in [2.75, 3.05) is 13.2 Å². The number of nitrogens with two attached hydrogens (primary N) is 1. The monoisotopic (exact) mass is 458 g/mol. The van der Waals surface area contributed by atoms with Crippen LogP contribution in [0.5, 0.6) is 5.75 Å². The lowest BCUT2D eigenvalue weighted by atomic mass is 10.1. The number of hydrogen-bond donors (Lipinski definition) is 3. The van der Waals surface area contributed by atoms with E-state index in [1.165, 1.54) is 12.1 Å². The topological polar surface area (TPSA) is 84.6 Å². The Kier molecular flexibility index (Phi) is 7.60. The van der Waals surface area contributed by atoms with Gasteiger partial charge in [-0.3, -0.25) is 4.79 Å². The van der Waals surface area contributed by atoms with E-state index in [-0.39, 0.29) is 12.4 Å². The molecule has 1 atom stereocenters. The maximum Gasteiger partial charge on any atom is 0.236 e. The molecule has 0 aromatic heterocycles. The molecule has 0 heterocycles. The van der Waals surface area contributed by atoms with Crippen molar-refractivity contribution in [1.29, 1.82) is 0 Å². The maximum absolute atomic E-state index is 12.9. The molecule has 4 N–H and O–H groups in total. The van der Waals surface area contributed by atoms with E-state index in [2.05, 4.69) is 27.9 Å². The first-order valence-corrected chi connectivity index (χ1v) is 8.86. The smallest absolute Gasteiger partial charge is 0.236 e. The molecule has 5 nitrogen and oxygen atoms in total. The third-order valence-electron chi connectivity index (χ3n) is 3.65. The van der Waals surface area contributed by atoms with E-state index in [0.29, 0.717) is 25.3 Å². The van der Waals surface area contributed by atoms with E-state index in [1.54, 1.807) is 12.1 Å². The van der Waals surface area contributed by atoms with Gasteiger partial charge in [-0.1, -0.05) is 12.1 Å². The van der Waals surface area contributed by atoms with Gasteiger partial charge in [0.05, 0.1) is 6.61 Å². The molecule has 0 saturated heterocycles. The van der Waals surface area contributed by atoms with Crippen molar-refractivity contribution in [3.05, 3.63) is 63.0 Å². The molecule has 0 aliphatic heterocycles. The van der Waals surface area contributed by atoms with Gasteiger partial charge in [0, 0.05) is 10.1 Å². The minimum atomic E-state index is -0.740.